The first-order chi connectivity index (χ1) is 11.3. The number of aryl methyl sites for hydroxylation is 2. The van der Waals surface area contributed by atoms with E-state index in [0.29, 0.717) is 5.82 Å². The molecule has 0 spiro atoms. The molecule has 1 fully saturated rings. The lowest BCUT2D eigenvalue weighted by molar-refractivity contribution is -0.117. The minimum absolute atomic E-state index is 0.0155. The van der Waals surface area contributed by atoms with Crippen molar-refractivity contribution in [3.8, 4) is 11.1 Å². The lowest BCUT2D eigenvalue weighted by Crippen LogP contribution is -2.28. The highest BCUT2D eigenvalue weighted by Crippen LogP contribution is 2.36. The van der Waals surface area contributed by atoms with Crippen LogP contribution in [0, 0.1) is 12.8 Å². The molecule has 1 saturated heterocycles. The van der Waals surface area contributed by atoms with E-state index in [9.17, 15) is 17.1 Å². The van der Waals surface area contributed by atoms with Crippen molar-refractivity contribution in [2.45, 2.75) is 13.3 Å². The number of halogens is 1. The van der Waals surface area contributed by atoms with Crippen molar-refractivity contribution >= 4 is 21.9 Å². The first-order valence-corrected chi connectivity index (χ1v) is 9.13. The molecule has 1 aromatic heterocycles. The van der Waals surface area contributed by atoms with Gasteiger partial charge in [-0.3, -0.25) is 14.4 Å². The Labute approximate surface area is 140 Å². The molecule has 0 saturated carbocycles. The number of hydrogen-bond acceptors (Lipinski definition) is 4. The van der Waals surface area contributed by atoms with E-state index in [1.54, 1.807) is 11.7 Å². The molecule has 6 nitrogen and oxygen atoms in total. The minimum atomic E-state index is -4.61. The van der Waals surface area contributed by atoms with Gasteiger partial charge in [-0.15, -0.1) is 3.89 Å². The van der Waals surface area contributed by atoms with E-state index in [0.717, 1.165) is 16.8 Å². The van der Waals surface area contributed by atoms with Crippen LogP contribution in [0.2, 0.25) is 0 Å². The van der Waals surface area contributed by atoms with Gasteiger partial charge in [-0.1, -0.05) is 30.3 Å². The van der Waals surface area contributed by atoms with Gasteiger partial charge in [0, 0.05) is 31.5 Å². The Balaban J connectivity index is 2.00. The van der Waals surface area contributed by atoms with E-state index in [1.807, 2.05) is 37.3 Å². The van der Waals surface area contributed by atoms with Gasteiger partial charge in [0.05, 0.1) is 11.4 Å². The van der Waals surface area contributed by atoms with Gasteiger partial charge in [0.25, 0.3) is 0 Å². The van der Waals surface area contributed by atoms with Gasteiger partial charge in [-0.05, 0) is 12.5 Å². The average molecular weight is 351 g/mol. The van der Waals surface area contributed by atoms with Crippen molar-refractivity contribution < 1.29 is 17.1 Å². The number of amides is 1. The average Bonchev–Trinajstić information content (AvgIpc) is 2.97. The summed E-state index contributed by atoms with van der Waals surface area (Å²) < 4.78 is 36.3. The van der Waals surface area contributed by atoms with Gasteiger partial charge in [-0.2, -0.15) is 13.5 Å². The van der Waals surface area contributed by atoms with E-state index >= 15 is 0 Å². The lowest BCUT2D eigenvalue weighted by atomic mass is 10.1. The summed E-state index contributed by atoms with van der Waals surface area (Å²) in [6, 6.07) is 9.55. The van der Waals surface area contributed by atoms with Crippen molar-refractivity contribution in [3.05, 3.63) is 36.0 Å². The second-order valence-corrected chi connectivity index (χ2v) is 7.46. The van der Waals surface area contributed by atoms with Gasteiger partial charge in [0.2, 0.25) is 5.91 Å². The Bertz CT molecular complexity index is 877. The fourth-order valence-corrected chi connectivity index (χ4v) is 4.06. The van der Waals surface area contributed by atoms with Crippen LogP contribution in [-0.2, 0) is 22.1 Å². The number of benzene rings is 1. The molecule has 1 atom stereocenters. The third-order valence-electron chi connectivity index (χ3n) is 4.15. The Hall–Kier alpha value is -2.22. The summed E-state index contributed by atoms with van der Waals surface area (Å²) in [6.45, 7) is 2.02. The third kappa shape index (κ3) is 3.19. The van der Waals surface area contributed by atoms with Crippen LogP contribution in [0.5, 0.6) is 0 Å². The van der Waals surface area contributed by atoms with Crippen LogP contribution >= 0.6 is 0 Å². The number of rotatable bonds is 4. The molecular weight excluding hydrogens is 333 g/mol. The Morgan fingerprint density at radius 3 is 2.58 bits per heavy atom. The quantitative estimate of drug-likeness (QED) is 0.791. The zero-order valence-corrected chi connectivity index (χ0v) is 14.3. The maximum atomic E-state index is 12.9. The fourth-order valence-electron chi connectivity index (χ4n) is 3.28. The number of nitrogens with zero attached hydrogens (tertiary/aromatic N) is 3. The first-order valence-electron chi connectivity index (χ1n) is 7.58. The molecule has 0 N–H and O–H groups in total. The van der Waals surface area contributed by atoms with Crippen molar-refractivity contribution in [3.63, 3.8) is 0 Å². The molecule has 1 aliphatic heterocycles. The predicted octanol–water partition coefficient (Wildman–Crippen LogP) is 2.05. The second-order valence-electron chi connectivity index (χ2n) is 6.05. The van der Waals surface area contributed by atoms with E-state index in [4.69, 9.17) is 0 Å². The molecule has 24 heavy (non-hydrogen) atoms. The summed E-state index contributed by atoms with van der Waals surface area (Å²) in [6.07, 6.45) is 0.0155. The van der Waals surface area contributed by atoms with Crippen LogP contribution in [0.25, 0.3) is 11.1 Å². The summed E-state index contributed by atoms with van der Waals surface area (Å²) in [5.74, 6) is -0.787. The normalized spacial score (nSPS) is 18.4. The van der Waals surface area contributed by atoms with Crippen LogP contribution < -0.4 is 4.90 Å². The van der Waals surface area contributed by atoms with Crippen LogP contribution in [-0.4, -0.2) is 36.4 Å². The van der Waals surface area contributed by atoms with Crippen LogP contribution in [0.1, 0.15) is 12.1 Å². The summed E-state index contributed by atoms with van der Waals surface area (Å²) in [5.41, 5.74) is 2.52. The van der Waals surface area contributed by atoms with E-state index in [1.165, 1.54) is 4.90 Å². The fraction of sp³-hybridized carbons (Fsp3) is 0.375. The topological polar surface area (TPSA) is 72.3 Å². The molecule has 2 heterocycles. The van der Waals surface area contributed by atoms with E-state index < -0.39 is 21.9 Å². The summed E-state index contributed by atoms with van der Waals surface area (Å²) in [4.78, 5) is 13.9. The number of carbonyl (C=O) groups excluding carboxylic acids is 1. The van der Waals surface area contributed by atoms with Crippen LogP contribution in [0.15, 0.2) is 30.3 Å². The van der Waals surface area contributed by atoms with Gasteiger partial charge in [0.1, 0.15) is 5.82 Å². The summed E-state index contributed by atoms with van der Waals surface area (Å²) in [5, 5.41) is 4.40. The number of aromatic nitrogens is 2. The van der Waals surface area contributed by atoms with Crippen LogP contribution in [0.4, 0.5) is 9.70 Å². The molecule has 1 aliphatic rings. The van der Waals surface area contributed by atoms with E-state index in [2.05, 4.69) is 5.10 Å². The SMILES string of the molecule is Cc1nn(C)c(N2CC(CS(=O)(=O)F)CC2=O)c1-c1ccccc1. The smallest absolute Gasteiger partial charge is 0.296 e. The Kier molecular flexibility index (Phi) is 4.16. The zero-order chi connectivity index (χ0) is 17.5. The molecule has 128 valence electrons. The molecule has 0 aliphatic carbocycles. The second kappa shape index (κ2) is 6.01. The molecule has 2 aromatic rings. The number of anilines is 1. The number of carbonyl (C=O) groups is 1. The number of hydrogen-bond donors (Lipinski definition) is 0. The standard InChI is InChI=1S/C16H18FN3O3S/c1-11-15(13-6-4-3-5-7-13)16(19(2)18-11)20-9-12(8-14(20)21)10-24(17,22)23/h3-7,12H,8-10H2,1-2H3. The molecule has 0 radical (unpaired) electrons. The van der Waals surface area contributed by atoms with E-state index in [-0.39, 0.29) is 18.9 Å². The lowest BCUT2D eigenvalue weighted by Gasteiger charge is -2.19. The Morgan fingerprint density at radius 2 is 1.96 bits per heavy atom. The molecular formula is C16H18FN3O3S. The van der Waals surface area contributed by atoms with Gasteiger partial charge in [-0.25, -0.2) is 0 Å². The largest absolute Gasteiger partial charge is 0.302 e. The van der Waals surface area contributed by atoms with Crippen molar-refractivity contribution in [2.75, 3.05) is 17.2 Å². The minimum Gasteiger partial charge on any atom is -0.296 e. The molecule has 3 rings (SSSR count). The molecule has 1 aromatic carbocycles. The summed E-state index contributed by atoms with van der Waals surface area (Å²) >= 11 is 0. The summed E-state index contributed by atoms with van der Waals surface area (Å²) in [7, 11) is -2.87. The Morgan fingerprint density at radius 1 is 1.29 bits per heavy atom. The van der Waals surface area contributed by atoms with Crippen LogP contribution in [0.3, 0.4) is 0 Å². The third-order valence-corrected chi connectivity index (χ3v) is 5.02. The van der Waals surface area contributed by atoms with Gasteiger partial charge in [0.15, 0.2) is 0 Å². The van der Waals surface area contributed by atoms with Crippen molar-refractivity contribution in [2.24, 2.45) is 13.0 Å². The highest BCUT2D eigenvalue weighted by Gasteiger charge is 2.36. The van der Waals surface area contributed by atoms with Crippen molar-refractivity contribution in [1.29, 1.82) is 0 Å². The van der Waals surface area contributed by atoms with Gasteiger partial charge >= 0.3 is 10.2 Å². The molecule has 1 unspecified atom stereocenters. The molecule has 0 bridgehead atoms. The predicted molar refractivity (Wildman–Crippen MR) is 88.7 cm³/mol. The van der Waals surface area contributed by atoms with Gasteiger partial charge < -0.3 is 0 Å². The first kappa shape index (κ1) is 16.6. The highest BCUT2D eigenvalue weighted by molar-refractivity contribution is 7.86. The molecule has 8 heteroatoms. The molecule has 1 amide bonds. The maximum absolute atomic E-state index is 12.9. The van der Waals surface area contributed by atoms with Crippen molar-refractivity contribution in [1.82, 2.24) is 9.78 Å². The highest BCUT2D eigenvalue weighted by atomic mass is 32.3. The maximum Gasteiger partial charge on any atom is 0.302 e. The zero-order valence-electron chi connectivity index (χ0n) is 13.4. The monoisotopic (exact) mass is 351 g/mol.